The van der Waals surface area contributed by atoms with Crippen molar-refractivity contribution in [2.75, 3.05) is 0 Å². The van der Waals surface area contributed by atoms with Gasteiger partial charge in [0.1, 0.15) is 17.1 Å². The van der Waals surface area contributed by atoms with E-state index in [2.05, 4.69) is 99.1 Å². The highest BCUT2D eigenvalue weighted by Crippen LogP contribution is 2.50. The number of hydrogen-bond acceptors (Lipinski definition) is 4. The summed E-state index contributed by atoms with van der Waals surface area (Å²) in [4.78, 5) is 25.1. The van der Waals surface area contributed by atoms with Crippen LogP contribution >= 0.6 is 0 Å². The molecule has 2 aromatic rings. The number of ether oxygens (including phenoxy) is 1. The van der Waals surface area contributed by atoms with Gasteiger partial charge in [0.2, 0.25) is 11.8 Å². The van der Waals surface area contributed by atoms with Crippen molar-refractivity contribution in [3.8, 4) is 11.5 Å². The Morgan fingerprint density at radius 1 is 0.718 bits per heavy atom. The zero-order valence-corrected chi connectivity index (χ0v) is 25.8. The fraction of sp³-hybridized carbons (Fsp3) is 0.576. The molecule has 0 aliphatic carbocycles. The fourth-order valence-electron chi connectivity index (χ4n) is 4.97. The first-order valence-electron chi connectivity index (χ1n) is 14.0. The van der Waals surface area contributed by atoms with Gasteiger partial charge in [-0.2, -0.15) is 0 Å². The number of phenolic OH excluding ortho intramolecular Hbond substituents is 1. The lowest BCUT2D eigenvalue weighted by atomic mass is 9.78. The van der Waals surface area contributed by atoms with E-state index < -0.39 is 0 Å². The van der Waals surface area contributed by atoms with E-state index in [-0.39, 0.29) is 46.5 Å². The number of hydrogen-bond donors (Lipinski definition) is 3. The summed E-state index contributed by atoms with van der Waals surface area (Å²) in [6.45, 7) is 23.0. The molecular formula is C33H48N2O4. The predicted molar refractivity (Wildman–Crippen MR) is 157 cm³/mol. The molecule has 214 valence electrons. The number of nitrogens with one attached hydrogen (secondary N) is 2. The number of phenols is 1. The van der Waals surface area contributed by atoms with Crippen LogP contribution in [0.3, 0.4) is 0 Å². The van der Waals surface area contributed by atoms with E-state index in [0.29, 0.717) is 18.6 Å². The minimum Gasteiger partial charge on any atom is -0.507 e. The van der Waals surface area contributed by atoms with Gasteiger partial charge in [0, 0.05) is 24.0 Å². The minimum atomic E-state index is -0.319. The number of fused-ring (bicyclic) bond motifs is 1. The minimum absolute atomic E-state index is 0.0639. The molecule has 2 amide bonds. The molecule has 1 aliphatic rings. The number of aryl methyl sites for hydroxylation is 2. The molecule has 1 aliphatic heterocycles. The monoisotopic (exact) mass is 536 g/mol. The fourth-order valence-corrected chi connectivity index (χ4v) is 4.97. The number of carbonyl (C=O) groups excluding carboxylic acids is 2. The van der Waals surface area contributed by atoms with Crippen LogP contribution in [0.4, 0.5) is 0 Å². The summed E-state index contributed by atoms with van der Waals surface area (Å²) in [5.74, 6) is 0.814. The molecule has 0 spiro atoms. The molecule has 0 bridgehead atoms. The quantitative estimate of drug-likeness (QED) is 0.362. The highest BCUT2D eigenvalue weighted by Gasteiger charge is 2.40. The van der Waals surface area contributed by atoms with Crippen LogP contribution in [-0.2, 0) is 44.3 Å². The van der Waals surface area contributed by atoms with Crippen molar-refractivity contribution in [3.63, 3.8) is 0 Å². The molecule has 0 unspecified atom stereocenters. The van der Waals surface area contributed by atoms with Crippen molar-refractivity contribution in [1.29, 1.82) is 0 Å². The van der Waals surface area contributed by atoms with Gasteiger partial charge in [-0.1, -0.05) is 80.5 Å². The van der Waals surface area contributed by atoms with Gasteiger partial charge in [-0.15, -0.1) is 0 Å². The van der Waals surface area contributed by atoms with Crippen LogP contribution in [0.25, 0.3) is 0 Å². The van der Waals surface area contributed by atoms with Gasteiger partial charge < -0.3 is 9.84 Å². The second kappa shape index (κ2) is 10.5. The largest absolute Gasteiger partial charge is 0.507 e. The first-order chi connectivity index (χ1) is 17.7. The van der Waals surface area contributed by atoms with Crippen LogP contribution in [-0.4, -0.2) is 16.9 Å². The number of amides is 2. The van der Waals surface area contributed by atoms with Gasteiger partial charge in [0.05, 0.1) is 0 Å². The maximum Gasteiger partial charge on any atom is 0.238 e. The Kier molecular flexibility index (Phi) is 8.23. The standard InChI is InChI=1S/C33H48N2O4/c1-30(2,3)22-16-20(17-23(28(22)38)31(4,5)6)12-14-26(36)34-35-27(37)15-13-21-18-24(32(7,8)9)29-25(19-21)33(10,11)39-29/h16-19,38H,12-15H2,1-11H3,(H,34,36)(H,35,37). The third-order valence-corrected chi connectivity index (χ3v) is 7.37. The van der Waals surface area contributed by atoms with Crippen LogP contribution < -0.4 is 15.6 Å². The van der Waals surface area contributed by atoms with E-state index in [1.807, 2.05) is 12.1 Å². The highest BCUT2D eigenvalue weighted by molar-refractivity contribution is 5.82. The molecule has 2 aromatic carbocycles. The lowest BCUT2D eigenvalue weighted by Gasteiger charge is -2.42. The highest BCUT2D eigenvalue weighted by atomic mass is 16.5. The molecule has 0 atom stereocenters. The van der Waals surface area contributed by atoms with E-state index in [1.165, 1.54) is 5.56 Å². The lowest BCUT2D eigenvalue weighted by molar-refractivity contribution is -0.128. The molecule has 0 aromatic heterocycles. The van der Waals surface area contributed by atoms with Crippen LogP contribution in [0, 0.1) is 0 Å². The molecule has 3 rings (SSSR count). The molecule has 0 saturated heterocycles. The molecule has 1 heterocycles. The Labute approximate surface area is 234 Å². The van der Waals surface area contributed by atoms with Gasteiger partial charge in [0.15, 0.2) is 0 Å². The SMILES string of the molecule is CC(C)(C)c1cc(CCC(=O)NNC(=O)CCc2cc(C(C)(C)C)c3c(c2)C(C)(C)O3)cc(C(C)(C)C)c1O. The first-order valence-corrected chi connectivity index (χ1v) is 14.0. The molecule has 6 nitrogen and oxygen atoms in total. The Balaban J connectivity index is 1.58. The van der Waals surface area contributed by atoms with Gasteiger partial charge in [0.25, 0.3) is 0 Å². The van der Waals surface area contributed by atoms with Gasteiger partial charge >= 0.3 is 0 Å². The summed E-state index contributed by atoms with van der Waals surface area (Å²) in [5.41, 5.74) is 10.5. The van der Waals surface area contributed by atoms with Gasteiger partial charge in [-0.3, -0.25) is 20.4 Å². The first kappa shape index (κ1) is 30.5. The zero-order valence-electron chi connectivity index (χ0n) is 25.8. The average molecular weight is 537 g/mol. The second-order valence-electron chi connectivity index (χ2n) is 14.5. The molecule has 0 fully saturated rings. The van der Waals surface area contributed by atoms with Crippen LogP contribution in [0.1, 0.15) is 122 Å². The maximum atomic E-state index is 12.6. The number of carbonyl (C=O) groups is 2. The van der Waals surface area contributed by atoms with Crippen LogP contribution in [0.15, 0.2) is 24.3 Å². The average Bonchev–Trinajstić information content (AvgIpc) is 2.78. The smallest absolute Gasteiger partial charge is 0.238 e. The number of hydrazine groups is 1. The Morgan fingerprint density at radius 2 is 1.10 bits per heavy atom. The number of aromatic hydroxyl groups is 1. The number of rotatable bonds is 6. The summed E-state index contributed by atoms with van der Waals surface area (Å²) in [7, 11) is 0. The summed E-state index contributed by atoms with van der Waals surface area (Å²) >= 11 is 0. The van der Waals surface area contributed by atoms with E-state index in [1.54, 1.807) is 0 Å². The van der Waals surface area contributed by atoms with E-state index in [4.69, 9.17) is 4.74 Å². The Bertz CT molecular complexity index is 1220. The van der Waals surface area contributed by atoms with Crippen LogP contribution in [0.2, 0.25) is 0 Å². The normalized spacial score (nSPS) is 14.6. The molecule has 6 heteroatoms. The van der Waals surface area contributed by atoms with E-state index in [9.17, 15) is 14.7 Å². The van der Waals surface area contributed by atoms with Crippen molar-refractivity contribution in [2.45, 2.75) is 124 Å². The van der Waals surface area contributed by atoms with Crippen molar-refractivity contribution in [1.82, 2.24) is 10.9 Å². The topological polar surface area (TPSA) is 87.7 Å². The Morgan fingerprint density at radius 3 is 1.49 bits per heavy atom. The third kappa shape index (κ3) is 7.14. The molecular weight excluding hydrogens is 488 g/mol. The van der Waals surface area contributed by atoms with Crippen LogP contribution in [0.5, 0.6) is 11.5 Å². The van der Waals surface area contributed by atoms with E-state index in [0.717, 1.165) is 33.6 Å². The maximum absolute atomic E-state index is 12.6. The molecule has 0 saturated carbocycles. The second-order valence-corrected chi connectivity index (χ2v) is 14.5. The Hall–Kier alpha value is -3.02. The summed E-state index contributed by atoms with van der Waals surface area (Å²) < 4.78 is 6.04. The lowest BCUT2D eigenvalue weighted by Crippen LogP contribution is -2.41. The predicted octanol–water partition coefficient (Wildman–Crippen LogP) is 6.63. The van der Waals surface area contributed by atoms with Crippen molar-refractivity contribution < 1.29 is 19.4 Å². The summed E-state index contributed by atoms with van der Waals surface area (Å²) in [5, 5.41) is 10.9. The summed E-state index contributed by atoms with van der Waals surface area (Å²) in [6.07, 6.45) is 1.59. The van der Waals surface area contributed by atoms with E-state index >= 15 is 0 Å². The number of benzene rings is 2. The summed E-state index contributed by atoms with van der Waals surface area (Å²) in [6, 6.07) is 8.25. The molecule has 39 heavy (non-hydrogen) atoms. The van der Waals surface area contributed by atoms with Crippen molar-refractivity contribution >= 4 is 11.8 Å². The van der Waals surface area contributed by atoms with Gasteiger partial charge in [-0.25, -0.2) is 0 Å². The van der Waals surface area contributed by atoms with Crippen molar-refractivity contribution in [2.24, 2.45) is 0 Å². The van der Waals surface area contributed by atoms with Crippen molar-refractivity contribution in [3.05, 3.63) is 57.6 Å². The zero-order chi connectivity index (χ0) is 29.6. The van der Waals surface area contributed by atoms with Gasteiger partial charge in [-0.05, 0) is 71.3 Å². The molecule has 0 radical (unpaired) electrons. The molecule has 3 N–H and O–H groups in total. The third-order valence-electron chi connectivity index (χ3n) is 7.37.